The summed E-state index contributed by atoms with van der Waals surface area (Å²) in [6.45, 7) is 4.48. The number of hydrogen-bond acceptors (Lipinski definition) is 3. The van der Waals surface area contributed by atoms with E-state index in [9.17, 15) is 9.59 Å². The molecule has 0 aliphatic carbocycles. The lowest BCUT2D eigenvalue weighted by Gasteiger charge is -2.29. The van der Waals surface area contributed by atoms with Gasteiger partial charge in [0.2, 0.25) is 5.91 Å². The van der Waals surface area contributed by atoms with Crippen LogP contribution in [0, 0.1) is 0 Å². The number of nitrogens with zero attached hydrogens (tertiary/aromatic N) is 1. The van der Waals surface area contributed by atoms with Crippen molar-refractivity contribution in [3.8, 4) is 0 Å². The average molecular weight is 228 g/mol. The monoisotopic (exact) mass is 228 g/mol. The van der Waals surface area contributed by atoms with E-state index in [1.807, 2.05) is 13.8 Å². The lowest BCUT2D eigenvalue weighted by molar-refractivity contribution is -0.146. The Labute approximate surface area is 95.8 Å². The second-order valence-electron chi connectivity index (χ2n) is 4.27. The van der Waals surface area contributed by atoms with Crippen LogP contribution in [0.15, 0.2) is 0 Å². The van der Waals surface area contributed by atoms with Crippen LogP contribution in [-0.2, 0) is 9.59 Å². The maximum Gasteiger partial charge on any atom is 0.323 e. The van der Waals surface area contributed by atoms with E-state index in [0.29, 0.717) is 0 Å². The summed E-state index contributed by atoms with van der Waals surface area (Å²) in [4.78, 5) is 24.3. The first-order chi connectivity index (χ1) is 7.56. The molecule has 1 aliphatic heterocycles. The third kappa shape index (κ3) is 3.20. The van der Waals surface area contributed by atoms with Gasteiger partial charge in [-0.05, 0) is 32.7 Å². The first-order valence-electron chi connectivity index (χ1n) is 5.82. The van der Waals surface area contributed by atoms with Crippen molar-refractivity contribution in [3.05, 3.63) is 0 Å². The molecule has 1 rings (SSSR count). The number of hydrogen-bond donors (Lipinski definition) is 2. The number of carbonyl (C=O) groups is 2. The van der Waals surface area contributed by atoms with E-state index >= 15 is 0 Å². The topological polar surface area (TPSA) is 69.6 Å². The fraction of sp³-hybridized carbons (Fsp3) is 0.818. The molecule has 1 amide bonds. The van der Waals surface area contributed by atoms with Crippen molar-refractivity contribution in [1.29, 1.82) is 0 Å². The first-order valence-corrected chi connectivity index (χ1v) is 5.82. The van der Waals surface area contributed by atoms with Crippen molar-refractivity contribution < 1.29 is 14.7 Å². The minimum atomic E-state index is -0.952. The maximum atomic E-state index is 12.1. The molecule has 0 spiro atoms. The molecule has 0 bridgehead atoms. The highest BCUT2D eigenvalue weighted by Gasteiger charge is 2.30. The molecular formula is C11H20N2O3. The van der Waals surface area contributed by atoms with Crippen molar-refractivity contribution in [1.82, 2.24) is 10.2 Å². The zero-order chi connectivity index (χ0) is 12.1. The van der Waals surface area contributed by atoms with Gasteiger partial charge in [-0.2, -0.15) is 0 Å². The van der Waals surface area contributed by atoms with Crippen LogP contribution < -0.4 is 5.32 Å². The summed E-state index contributed by atoms with van der Waals surface area (Å²) in [5, 5.41) is 11.9. The Hall–Kier alpha value is -1.10. The van der Waals surface area contributed by atoms with Crippen LogP contribution in [0.2, 0.25) is 0 Å². The molecule has 2 N–H and O–H groups in total. The van der Waals surface area contributed by atoms with E-state index in [2.05, 4.69) is 5.32 Å². The van der Waals surface area contributed by atoms with E-state index in [-0.39, 0.29) is 24.5 Å². The fourth-order valence-electron chi connectivity index (χ4n) is 1.91. The zero-order valence-electron chi connectivity index (χ0n) is 9.90. The van der Waals surface area contributed by atoms with E-state index < -0.39 is 5.97 Å². The maximum absolute atomic E-state index is 12.1. The van der Waals surface area contributed by atoms with Crippen LogP contribution in [0.4, 0.5) is 0 Å². The molecule has 0 aromatic heterocycles. The van der Waals surface area contributed by atoms with Gasteiger partial charge in [0, 0.05) is 6.04 Å². The second-order valence-corrected chi connectivity index (χ2v) is 4.27. The summed E-state index contributed by atoms with van der Waals surface area (Å²) in [6, 6.07) is -0.209. The normalized spacial score (nSPS) is 21.8. The molecule has 16 heavy (non-hydrogen) atoms. The van der Waals surface area contributed by atoms with Crippen molar-refractivity contribution in [3.63, 3.8) is 0 Å². The second kappa shape index (κ2) is 5.84. The molecule has 0 saturated carbocycles. The van der Waals surface area contributed by atoms with Crippen LogP contribution in [0.1, 0.15) is 33.1 Å². The van der Waals surface area contributed by atoms with Gasteiger partial charge in [-0.25, -0.2) is 0 Å². The van der Waals surface area contributed by atoms with Crippen molar-refractivity contribution in [2.75, 3.05) is 13.1 Å². The van der Waals surface area contributed by atoms with Gasteiger partial charge in [-0.1, -0.05) is 6.92 Å². The molecule has 5 heteroatoms. The number of amides is 1. The van der Waals surface area contributed by atoms with Crippen LogP contribution in [0.25, 0.3) is 0 Å². The summed E-state index contributed by atoms with van der Waals surface area (Å²) in [6.07, 6.45) is 2.56. The fourth-order valence-corrected chi connectivity index (χ4v) is 1.91. The van der Waals surface area contributed by atoms with Gasteiger partial charge in [-0.15, -0.1) is 0 Å². The summed E-state index contributed by atoms with van der Waals surface area (Å²) in [5.41, 5.74) is 0. The lowest BCUT2D eigenvalue weighted by atomic mass is 10.1. The predicted molar refractivity (Wildman–Crippen MR) is 60.1 cm³/mol. The number of aliphatic carboxylic acids is 1. The molecule has 1 heterocycles. The Kier molecular flexibility index (Phi) is 4.73. The van der Waals surface area contributed by atoms with Gasteiger partial charge in [-0.3, -0.25) is 9.59 Å². The third-order valence-corrected chi connectivity index (χ3v) is 3.07. The molecule has 2 atom stereocenters. The average Bonchev–Trinajstić information content (AvgIpc) is 2.77. The van der Waals surface area contributed by atoms with Crippen LogP contribution >= 0.6 is 0 Å². The molecule has 1 aliphatic rings. The molecule has 5 nitrogen and oxygen atoms in total. The quantitative estimate of drug-likeness (QED) is 0.717. The summed E-state index contributed by atoms with van der Waals surface area (Å²) in [7, 11) is 0. The van der Waals surface area contributed by atoms with Gasteiger partial charge >= 0.3 is 5.97 Å². The minimum absolute atomic E-state index is 0.0222. The van der Waals surface area contributed by atoms with E-state index in [4.69, 9.17) is 5.11 Å². The number of nitrogens with one attached hydrogen (secondary N) is 1. The Morgan fingerprint density at radius 2 is 2.25 bits per heavy atom. The Bertz CT molecular complexity index is 262. The van der Waals surface area contributed by atoms with Crippen molar-refractivity contribution in [2.24, 2.45) is 0 Å². The van der Waals surface area contributed by atoms with E-state index in [1.54, 1.807) is 0 Å². The molecule has 0 aromatic rings. The lowest BCUT2D eigenvalue weighted by Crippen LogP contribution is -2.49. The Morgan fingerprint density at radius 1 is 1.56 bits per heavy atom. The number of carbonyl (C=O) groups excluding carboxylic acids is 1. The highest BCUT2D eigenvalue weighted by atomic mass is 16.4. The predicted octanol–water partition coefficient (Wildman–Crippen LogP) is 0.450. The molecule has 1 fully saturated rings. The van der Waals surface area contributed by atoms with Crippen LogP contribution in [-0.4, -0.2) is 47.1 Å². The Balaban J connectivity index is 2.66. The first kappa shape index (κ1) is 13.0. The number of carboxylic acid groups (broad SMARTS) is 1. The summed E-state index contributed by atoms with van der Waals surface area (Å²) < 4.78 is 0. The van der Waals surface area contributed by atoms with E-state index in [1.165, 1.54) is 4.90 Å². The molecule has 92 valence electrons. The van der Waals surface area contributed by atoms with Gasteiger partial charge in [0.05, 0.1) is 6.04 Å². The standard InChI is InChI=1S/C11H20N2O3/c1-3-8(2)13(7-10(14)15)11(16)9-5-4-6-12-9/h8-9,12H,3-7H2,1-2H3,(H,14,15)/t8?,9-/m0/s1. The largest absolute Gasteiger partial charge is 0.480 e. The van der Waals surface area contributed by atoms with Crippen molar-refractivity contribution >= 4 is 11.9 Å². The molecule has 0 aromatic carbocycles. The zero-order valence-corrected chi connectivity index (χ0v) is 9.90. The van der Waals surface area contributed by atoms with E-state index in [0.717, 1.165) is 25.8 Å². The van der Waals surface area contributed by atoms with Gasteiger partial charge < -0.3 is 15.3 Å². The molecule has 1 saturated heterocycles. The van der Waals surface area contributed by atoms with Gasteiger partial charge in [0.1, 0.15) is 6.54 Å². The molecule has 1 unspecified atom stereocenters. The number of rotatable bonds is 5. The van der Waals surface area contributed by atoms with Gasteiger partial charge in [0.25, 0.3) is 0 Å². The highest BCUT2D eigenvalue weighted by molar-refractivity contribution is 5.85. The summed E-state index contributed by atoms with van der Waals surface area (Å²) >= 11 is 0. The Morgan fingerprint density at radius 3 is 2.69 bits per heavy atom. The summed E-state index contributed by atoms with van der Waals surface area (Å²) in [5.74, 6) is -1.03. The number of carboxylic acids is 1. The smallest absolute Gasteiger partial charge is 0.323 e. The third-order valence-electron chi connectivity index (χ3n) is 3.07. The van der Waals surface area contributed by atoms with Crippen molar-refractivity contribution in [2.45, 2.75) is 45.2 Å². The molecule has 0 radical (unpaired) electrons. The molecular weight excluding hydrogens is 208 g/mol. The SMILES string of the molecule is CCC(C)N(CC(=O)O)C(=O)[C@@H]1CCCN1. The van der Waals surface area contributed by atoms with Crippen LogP contribution in [0.5, 0.6) is 0 Å². The van der Waals surface area contributed by atoms with Gasteiger partial charge in [0.15, 0.2) is 0 Å². The minimum Gasteiger partial charge on any atom is -0.480 e. The van der Waals surface area contributed by atoms with Crippen LogP contribution in [0.3, 0.4) is 0 Å². The highest BCUT2D eigenvalue weighted by Crippen LogP contribution is 2.12.